The van der Waals surface area contributed by atoms with Gasteiger partial charge in [-0.1, -0.05) is 0 Å². The number of hydrogen-bond donors (Lipinski definition) is 1. The number of methoxy groups -OCH3 is 1. The lowest BCUT2D eigenvalue weighted by molar-refractivity contribution is 0.413. The third kappa shape index (κ3) is 2.36. The second-order valence-electron chi connectivity index (χ2n) is 3.52. The topological polar surface area (TPSA) is 34.1 Å². The normalized spacial score (nSPS) is 10.1. The van der Waals surface area contributed by atoms with Gasteiger partial charge in [-0.3, -0.25) is 0 Å². The summed E-state index contributed by atoms with van der Waals surface area (Å²) in [7, 11) is 3.33. The Morgan fingerprint density at radius 2 is 2.06 bits per heavy atom. The average Bonchev–Trinajstić information content (AvgIpc) is 2.38. The molecule has 0 fully saturated rings. The zero-order valence-electron chi connectivity index (χ0n) is 9.70. The highest BCUT2D eigenvalue weighted by molar-refractivity contribution is 5.72. The van der Waals surface area contributed by atoms with Crippen molar-refractivity contribution < 1.29 is 9.13 Å². The number of hydrogen-bond acceptors (Lipinski definition) is 3. The molecule has 2 aromatic rings. The summed E-state index contributed by atoms with van der Waals surface area (Å²) >= 11 is 0. The van der Waals surface area contributed by atoms with Crippen LogP contribution < -0.4 is 10.1 Å². The summed E-state index contributed by atoms with van der Waals surface area (Å²) in [5, 5.41) is 2.96. The zero-order chi connectivity index (χ0) is 12.3. The second kappa shape index (κ2) is 4.82. The molecular formula is C13H13FN2O. The van der Waals surface area contributed by atoms with Crippen molar-refractivity contribution >= 4 is 5.82 Å². The first kappa shape index (κ1) is 11.4. The van der Waals surface area contributed by atoms with Gasteiger partial charge >= 0.3 is 0 Å². The largest absolute Gasteiger partial charge is 0.496 e. The molecule has 0 bridgehead atoms. The molecule has 0 unspecified atom stereocenters. The Hall–Kier alpha value is -2.10. The fourth-order valence-corrected chi connectivity index (χ4v) is 1.64. The average molecular weight is 232 g/mol. The lowest BCUT2D eigenvalue weighted by atomic mass is 10.1. The Morgan fingerprint density at radius 3 is 2.76 bits per heavy atom. The molecule has 1 heterocycles. The number of ether oxygens (including phenoxy) is 1. The molecule has 4 heteroatoms. The molecule has 17 heavy (non-hydrogen) atoms. The molecule has 0 atom stereocenters. The highest BCUT2D eigenvalue weighted by Crippen LogP contribution is 2.31. The van der Waals surface area contributed by atoms with E-state index in [2.05, 4.69) is 10.3 Å². The maximum absolute atomic E-state index is 13.1. The van der Waals surface area contributed by atoms with Crippen LogP contribution in [0.4, 0.5) is 10.2 Å². The molecule has 1 aromatic heterocycles. The SMILES string of the molecule is CNc1cc(-c2ccc(F)cc2OC)ccn1. The van der Waals surface area contributed by atoms with E-state index in [1.807, 2.05) is 12.1 Å². The molecular weight excluding hydrogens is 219 g/mol. The predicted molar refractivity (Wildman–Crippen MR) is 65.7 cm³/mol. The van der Waals surface area contributed by atoms with Crippen LogP contribution in [-0.2, 0) is 0 Å². The number of nitrogens with zero attached hydrogens (tertiary/aromatic N) is 1. The van der Waals surface area contributed by atoms with E-state index in [1.165, 1.54) is 19.2 Å². The minimum atomic E-state index is -0.312. The molecule has 3 nitrogen and oxygen atoms in total. The summed E-state index contributed by atoms with van der Waals surface area (Å²) in [6.07, 6.45) is 1.70. The van der Waals surface area contributed by atoms with Gasteiger partial charge in [0.15, 0.2) is 0 Å². The van der Waals surface area contributed by atoms with Gasteiger partial charge in [-0.2, -0.15) is 0 Å². The van der Waals surface area contributed by atoms with Crippen LogP contribution in [0.2, 0.25) is 0 Å². The number of anilines is 1. The van der Waals surface area contributed by atoms with E-state index < -0.39 is 0 Å². The summed E-state index contributed by atoms with van der Waals surface area (Å²) in [5.41, 5.74) is 1.77. The molecule has 88 valence electrons. The van der Waals surface area contributed by atoms with Gasteiger partial charge < -0.3 is 10.1 Å². The maximum atomic E-state index is 13.1. The molecule has 0 amide bonds. The smallest absolute Gasteiger partial charge is 0.129 e. The van der Waals surface area contributed by atoms with Gasteiger partial charge in [-0.25, -0.2) is 9.37 Å². The van der Waals surface area contributed by atoms with Crippen LogP contribution >= 0.6 is 0 Å². The Balaban J connectivity index is 2.51. The summed E-state index contributed by atoms with van der Waals surface area (Å²) in [4.78, 5) is 4.13. The van der Waals surface area contributed by atoms with Crippen molar-refractivity contribution in [3.8, 4) is 16.9 Å². The molecule has 1 aromatic carbocycles. The van der Waals surface area contributed by atoms with E-state index in [1.54, 1.807) is 19.3 Å². The maximum Gasteiger partial charge on any atom is 0.129 e. The van der Waals surface area contributed by atoms with Gasteiger partial charge in [0.25, 0.3) is 0 Å². The van der Waals surface area contributed by atoms with Crippen LogP contribution in [-0.4, -0.2) is 19.1 Å². The first-order valence-electron chi connectivity index (χ1n) is 5.22. The van der Waals surface area contributed by atoms with Crippen molar-refractivity contribution in [3.05, 3.63) is 42.3 Å². The van der Waals surface area contributed by atoms with E-state index in [4.69, 9.17) is 4.74 Å². The fourth-order valence-electron chi connectivity index (χ4n) is 1.64. The van der Waals surface area contributed by atoms with Crippen molar-refractivity contribution in [3.63, 3.8) is 0 Å². The molecule has 1 N–H and O–H groups in total. The molecule has 0 aliphatic heterocycles. The fraction of sp³-hybridized carbons (Fsp3) is 0.154. The Bertz CT molecular complexity index is 529. The molecule has 0 radical (unpaired) electrons. The second-order valence-corrected chi connectivity index (χ2v) is 3.52. The van der Waals surface area contributed by atoms with Crippen LogP contribution in [0.5, 0.6) is 5.75 Å². The Kier molecular flexibility index (Phi) is 3.23. The first-order valence-corrected chi connectivity index (χ1v) is 5.22. The van der Waals surface area contributed by atoms with Gasteiger partial charge in [-0.05, 0) is 29.8 Å². The van der Waals surface area contributed by atoms with Crippen molar-refractivity contribution in [2.75, 3.05) is 19.5 Å². The van der Waals surface area contributed by atoms with Crippen molar-refractivity contribution in [1.29, 1.82) is 0 Å². The van der Waals surface area contributed by atoms with Crippen molar-refractivity contribution in [2.45, 2.75) is 0 Å². The first-order chi connectivity index (χ1) is 8.24. The van der Waals surface area contributed by atoms with Gasteiger partial charge in [-0.15, -0.1) is 0 Å². The monoisotopic (exact) mass is 232 g/mol. The van der Waals surface area contributed by atoms with E-state index >= 15 is 0 Å². The molecule has 0 aliphatic rings. The van der Waals surface area contributed by atoms with Crippen molar-refractivity contribution in [1.82, 2.24) is 4.98 Å². The van der Waals surface area contributed by atoms with Crippen LogP contribution in [0, 0.1) is 5.82 Å². The molecule has 2 rings (SSSR count). The minimum Gasteiger partial charge on any atom is -0.496 e. The summed E-state index contributed by atoms with van der Waals surface area (Å²) in [6, 6.07) is 8.22. The molecule has 0 saturated carbocycles. The Labute approximate surface area is 99.3 Å². The molecule has 0 aliphatic carbocycles. The van der Waals surface area contributed by atoms with Crippen LogP contribution in [0.25, 0.3) is 11.1 Å². The van der Waals surface area contributed by atoms with E-state index in [0.29, 0.717) is 5.75 Å². The van der Waals surface area contributed by atoms with Gasteiger partial charge in [0.1, 0.15) is 17.4 Å². The van der Waals surface area contributed by atoms with E-state index in [0.717, 1.165) is 16.9 Å². The lowest BCUT2D eigenvalue weighted by Gasteiger charge is -2.09. The highest BCUT2D eigenvalue weighted by Gasteiger charge is 2.07. The quantitative estimate of drug-likeness (QED) is 0.883. The zero-order valence-corrected chi connectivity index (χ0v) is 9.70. The van der Waals surface area contributed by atoms with Crippen molar-refractivity contribution in [2.24, 2.45) is 0 Å². The van der Waals surface area contributed by atoms with Crippen LogP contribution in [0.3, 0.4) is 0 Å². The van der Waals surface area contributed by atoms with Crippen LogP contribution in [0.1, 0.15) is 0 Å². The Morgan fingerprint density at radius 1 is 1.24 bits per heavy atom. The van der Waals surface area contributed by atoms with Gasteiger partial charge in [0.05, 0.1) is 7.11 Å². The summed E-state index contributed by atoms with van der Waals surface area (Å²) in [6.45, 7) is 0. The molecule has 0 spiro atoms. The predicted octanol–water partition coefficient (Wildman–Crippen LogP) is 2.94. The van der Waals surface area contributed by atoms with E-state index in [9.17, 15) is 4.39 Å². The number of aromatic nitrogens is 1. The van der Waals surface area contributed by atoms with Gasteiger partial charge in [0, 0.05) is 24.9 Å². The lowest BCUT2D eigenvalue weighted by Crippen LogP contribution is -1.93. The number of benzene rings is 1. The number of rotatable bonds is 3. The highest BCUT2D eigenvalue weighted by atomic mass is 19.1. The van der Waals surface area contributed by atoms with Gasteiger partial charge in [0.2, 0.25) is 0 Å². The number of nitrogens with one attached hydrogen (secondary N) is 1. The summed E-state index contributed by atoms with van der Waals surface area (Å²) < 4.78 is 18.3. The number of pyridine rings is 1. The third-order valence-corrected chi connectivity index (χ3v) is 2.49. The standard InChI is InChI=1S/C13H13FN2O/c1-15-13-7-9(5-6-16-13)11-4-3-10(14)8-12(11)17-2/h3-8H,1-2H3,(H,15,16). The van der Waals surface area contributed by atoms with Crippen LogP contribution in [0.15, 0.2) is 36.5 Å². The third-order valence-electron chi connectivity index (χ3n) is 2.49. The van der Waals surface area contributed by atoms with E-state index in [-0.39, 0.29) is 5.82 Å². The minimum absolute atomic E-state index is 0.312. The molecule has 0 saturated heterocycles. The summed E-state index contributed by atoms with van der Waals surface area (Å²) in [5.74, 6) is 0.959. The number of halogens is 1.